The van der Waals surface area contributed by atoms with Crippen molar-refractivity contribution in [2.24, 2.45) is 5.41 Å². The van der Waals surface area contributed by atoms with Crippen LogP contribution >= 0.6 is 11.3 Å². The van der Waals surface area contributed by atoms with E-state index < -0.39 is 10.0 Å². The molecule has 0 aliphatic rings. The van der Waals surface area contributed by atoms with Crippen molar-refractivity contribution in [2.75, 3.05) is 12.4 Å². The summed E-state index contributed by atoms with van der Waals surface area (Å²) in [5.74, 6) is 5.50. The quantitative estimate of drug-likeness (QED) is 0.816. The summed E-state index contributed by atoms with van der Waals surface area (Å²) in [7, 11) is -3.27. The third-order valence-corrected chi connectivity index (χ3v) is 4.87. The Hall–Kier alpha value is -0.870. The van der Waals surface area contributed by atoms with Crippen LogP contribution in [0.15, 0.2) is 11.4 Å². The first-order chi connectivity index (χ1) is 9.23. The summed E-state index contributed by atoms with van der Waals surface area (Å²) in [6.07, 6.45) is 0.615. The van der Waals surface area contributed by atoms with Crippen LogP contribution in [-0.4, -0.2) is 25.9 Å². The molecule has 0 spiro atoms. The van der Waals surface area contributed by atoms with Crippen LogP contribution in [0, 0.1) is 17.3 Å². The van der Waals surface area contributed by atoms with Crippen molar-refractivity contribution in [2.45, 2.75) is 33.7 Å². The number of thiophene rings is 1. The van der Waals surface area contributed by atoms with Gasteiger partial charge in [-0.3, -0.25) is 0 Å². The molecule has 0 bridgehead atoms. The summed E-state index contributed by atoms with van der Waals surface area (Å²) in [6.45, 7) is 6.10. The van der Waals surface area contributed by atoms with E-state index in [4.69, 9.17) is 5.11 Å². The van der Waals surface area contributed by atoms with Gasteiger partial charge >= 0.3 is 0 Å². The van der Waals surface area contributed by atoms with Gasteiger partial charge in [0.25, 0.3) is 0 Å². The minimum absolute atomic E-state index is 0.00452. The van der Waals surface area contributed by atoms with E-state index in [1.54, 1.807) is 0 Å². The molecule has 0 saturated carbocycles. The fraction of sp³-hybridized carbons (Fsp3) is 0.571. The van der Waals surface area contributed by atoms with E-state index in [2.05, 4.69) is 16.6 Å². The highest BCUT2D eigenvalue weighted by atomic mass is 32.2. The number of aliphatic hydroxyl groups is 1. The highest BCUT2D eigenvalue weighted by Crippen LogP contribution is 2.19. The second-order valence-corrected chi connectivity index (χ2v) is 8.60. The van der Waals surface area contributed by atoms with E-state index >= 15 is 0 Å². The number of hydrogen-bond donors (Lipinski definition) is 2. The van der Waals surface area contributed by atoms with Crippen molar-refractivity contribution >= 4 is 21.4 Å². The molecule has 0 aliphatic heterocycles. The minimum Gasteiger partial charge on any atom is -0.384 e. The standard InChI is InChI=1S/C14H21NO3S2/c1-14(2,3)7-10-20(17,18)15-11-13-12(5-4-8-16)6-9-19-13/h6,9,15-16H,7-8,10-11H2,1-3H3. The topological polar surface area (TPSA) is 66.4 Å². The highest BCUT2D eigenvalue weighted by Gasteiger charge is 2.17. The molecule has 4 nitrogen and oxygen atoms in total. The first-order valence-electron chi connectivity index (χ1n) is 6.37. The average Bonchev–Trinajstić information content (AvgIpc) is 2.78. The Labute approximate surface area is 125 Å². The van der Waals surface area contributed by atoms with Crippen LogP contribution in [-0.2, 0) is 16.6 Å². The van der Waals surface area contributed by atoms with Crippen LogP contribution in [0.1, 0.15) is 37.6 Å². The Morgan fingerprint density at radius 1 is 1.40 bits per heavy atom. The molecule has 0 radical (unpaired) electrons. The van der Waals surface area contributed by atoms with Gasteiger partial charge < -0.3 is 5.11 Å². The van der Waals surface area contributed by atoms with Crippen LogP contribution in [0.2, 0.25) is 0 Å². The lowest BCUT2D eigenvalue weighted by atomic mass is 9.94. The van der Waals surface area contributed by atoms with Crippen molar-refractivity contribution < 1.29 is 13.5 Å². The summed E-state index contributed by atoms with van der Waals surface area (Å²) in [5, 5.41) is 10.5. The van der Waals surface area contributed by atoms with Gasteiger partial charge in [-0.05, 0) is 23.3 Å². The summed E-state index contributed by atoms with van der Waals surface area (Å²) < 4.78 is 26.4. The lowest BCUT2D eigenvalue weighted by Crippen LogP contribution is -2.27. The maximum absolute atomic E-state index is 11.9. The molecule has 1 heterocycles. The van der Waals surface area contributed by atoms with Gasteiger partial charge in [0.15, 0.2) is 0 Å². The second kappa shape index (κ2) is 7.23. The van der Waals surface area contributed by atoms with Gasteiger partial charge in [-0.1, -0.05) is 32.6 Å². The molecule has 112 valence electrons. The van der Waals surface area contributed by atoms with Gasteiger partial charge in [0.05, 0.1) is 5.75 Å². The van der Waals surface area contributed by atoms with Gasteiger partial charge in [0, 0.05) is 17.0 Å². The molecule has 0 aromatic carbocycles. The number of sulfonamides is 1. The van der Waals surface area contributed by atoms with Crippen molar-refractivity contribution in [1.29, 1.82) is 0 Å². The molecule has 6 heteroatoms. The average molecular weight is 315 g/mol. The van der Waals surface area contributed by atoms with E-state index in [1.165, 1.54) is 11.3 Å². The predicted molar refractivity (Wildman–Crippen MR) is 83.0 cm³/mol. The van der Waals surface area contributed by atoms with E-state index in [1.807, 2.05) is 32.2 Å². The highest BCUT2D eigenvalue weighted by molar-refractivity contribution is 7.89. The van der Waals surface area contributed by atoms with Crippen molar-refractivity contribution in [3.63, 3.8) is 0 Å². The van der Waals surface area contributed by atoms with E-state index in [-0.39, 0.29) is 24.3 Å². The third kappa shape index (κ3) is 6.53. The zero-order valence-electron chi connectivity index (χ0n) is 12.1. The van der Waals surface area contributed by atoms with E-state index in [0.29, 0.717) is 6.42 Å². The van der Waals surface area contributed by atoms with Gasteiger partial charge in [-0.2, -0.15) is 0 Å². The third-order valence-electron chi connectivity index (χ3n) is 2.62. The predicted octanol–water partition coefficient (Wildman–Crippen LogP) is 1.95. The largest absolute Gasteiger partial charge is 0.384 e. The first-order valence-corrected chi connectivity index (χ1v) is 8.90. The SMILES string of the molecule is CC(C)(C)CCS(=O)(=O)NCc1sccc1C#CCO. The molecule has 20 heavy (non-hydrogen) atoms. The van der Waals surface area contributed by atoms with Gasteiger partial charge in [0.2, 0.25) is 10.0 Å². The van der Waals surface area contributed by atoms with Crippen molar-refractivity contribution in [3.8, 4) is 11.8 Å². The van der Waals surface area contributed by atoms with Crippen LogP contribution in [0.5, 0.6) is 0 Å². The molecule has 0 unspecified atom stereocenters. The van der Waals surface area contributed by atoms with Gasteiger partial charge in [-0.25, -0.2) is 13.1 Å². The van der Waals surface area contributed by atoms with E-state index in [9.17, 15) is 8.42 Å². The van der Waals surface area contributed by atoms with Crippen LogP contribution in [0.25, 0.3) is 0 Å². The molecular formula is C14H21NO3S2. The summed E-state index contributed by atoms with van der Waals surface area (Å²) >= 11 is 1.45. The lowest BCUT2D eigenvalue weighted by molar-refractivity contribution is 0.350. The molecule has 1 aromatic heterocycles. The lowest BCUT2D eigenvalue weighted by Gasteiger charge is -2.17. The Morgan fingerprint density at radius 3 is 2.70 bits per heavy atom. The molecule has 1 rings (SSSR count). The van der Waals surface area contributed by atoms with Crippen molar-refractivity contribution in [1.82, 2.24) is 4.72 Å². The monoisotopic (exact) mass is 315 g/mol. The summed E-state index contributed by atoms with van der Waals surface area (Å²) in [5.41, 5.74) is 0.762. The zero-order valence-corrected chi connectivity index (χ0v) is 13.7. The Kier molecular flexibility index (Phi) is 6.21. The number of hydrogen-bond acceptors (Lipinski definition) is 4. The van der Waals surface area contributed by atoms with Gasteiger partial charge in [0.1, 0.15) is 6.61 Å². The molecule has 0 aliphatic carbocycles. The minimum atomic E-state index is -3.27. The van der Waals surface area contributed by atoms with Crippen LogP contribution in [0.3, 0.4) is 0 Å². The Bertz CT molecular complexity index is 586. The molecule has 0 fully saturated rings. The maximum Gasteiger partial charge on any atom is 0.211 e. The van der Waals surface area contributed by atoms with Crippen molar-refractivity contribution in [3.05, 3.63) is 21.9 Å². The number of nitrogens with one attached hydrogen (secondary N) is 1. The molecule has 0 atom stereocenters. The molecular weight excluding hydrogens is 294 g/mol. The van der Waals surface area contributed by atoms with Crippen LogP contribution in [0.4, 0.5) is 0 Å². The van der Waals surface area contributed by atoms with Crippen LogP contribution < -0.4 is 4.72 Å². The number of aliphatic hydroxyl groups excluding tert-OH is 1. The molecule has 1 aromatic rings. The Morgan fingerprint density at radius 2 is 2.10 bits per heavy atom. The maximum atomic E-state index is 11.9. The fourth-order valence-electron chi connectivity index (χ4n) is 1.41. The Balaban J connectivity index is 2.61. The molecule has 0 amide bonds. The normalized spacial score (nSPS) is 12.0. The zero-order chi connectivity index (χ0) is 15.2. The molecule has 2 N–H and O–H groups in total. The summed E-state index contributed by atoms with van der Waals surface area (Å²) in [4.78, 5) is 0.866. The smallest absolute Gasteiger partial charge is 0.211 e. The molecule has 0 saturated heterocycles. The fourth-order valence-corrected chi connectivity index (χ4v) is 3.66. The van der Waals surface area contributed by atoms with Gasteiger partial charge in [-0.15, -0.1) is 11.3 Å². The first kappa shape index (κ1) is 17.2. The van der Waals surface area contributed by atoms with E-state index in [0.717, 1.165) is 10.4 Å². The number of rotatable bonds is 5. The second-order valence-electron chi connectivity index (χ2n) is 5.67. The summed E-state index contributed by atoms with van der Waals surface area (Å²) in [6, 6.07) is 1.83.